The van der Waals surface area contributed by atoms with Crippen molar-refractivity contribution in [2.45, 2.75) is 126 Å². The van der Waals surface area contributed by atoms with E-state index < -0.39 is 141 Å². The standard InChI is InChI=1S/C37H44O18/c1-14(2)25(41)54-23-22(51-16(4)39)32-13-33(32)24(53-21(32)18-9-10-49-11-18)27(43)55-29-35(45)28(52-17(5)40)30(6)12-34(35,44)31(7,36(23,46)37(29,33)47)20(30)19(26(42)48-8)50-15(3)38/h9-11,14,19-24,28-29,44-47H,12-13H2,1-8H3/t19-,20+,21-,22+,23-,24+,28+,29-,30+,31-,32-,33-,34-,35+,36+,37+/m1/s1. The van der Waals surface area contributed by atoms with E-state index in [4.69, 9.17) is 37.6 Å². The molecule has 18 heteroatoms. The van der Waals surface area contributed by atoms with Gasteiger partial charge < -0.3 is 58.0 Å². The van der Waals surface area contributed by atoms with Crippen molar-refractivity contribution in [3.63, 3.8) is 0 Å². The molecule has 0 aromatic carbocycles. The molecule has 2 saturated heterocycles. The van der Waals surface area contributed by atoms with Gasteiger partial charge in [0.15, 0.2) is 30.0 Å². The summed E-state index contributed by atoms with van der Waals surface area (Å²) in [5.74, 6) is -8.89. The van der Waals surface area contributed by atoms with Crippen molar-refractivity contribution < 1.29 is 86.8 Å². The molecule has 1 aromatic rings. The van der Waals surface area contributed by atoms with Crippen molar-refractivity contribution in [2.24, 2.45) is 33.5 Å². The van der Waals surface area contributed by atoms with Crippen LogP contribution in [0.1, 0.15) is 73.0 Å². The van der Waals surface area contributed by atoms with Crippen molar-refractivity contribution in [3.05, 3.63) is 24.2 Å². The summed E-state index contributed by atoms with van der Waals surface area (Å²) in [7, 11) is 0.990. The highest BCUT2D eigenvalue weighted by atomic mass is 16.6. The Balaban J connectivity index is 1.52. The Morgan fingerprint density at radius 3 is 2.05 bits per heavy atom. The van der Waals surface area contributed by atoms with Crippen LogP contribution in [0.3, 0.4) is 0 Å². The Labute approximate surface area is 313 Å². The van der Waals surface area contributed by atoms with Crippen LogP contribution >= 0.6 is 0 Å². The molecule has 3 heterocycles. The lowest BCUT2D eigenvalue weighted by atomic mass is 9.33. The summed E-state index contributed by atoms with van der Waals surface area (Å²) in [4.78, 5) is 80.8. The van der Waals surface area contributed by atoms with Crippen molar-refractivity contribution >= 4 is 35.8 Å². The first-order valence-corrected chi connectivity index (χ1v) is 18.1. The van der Waals surface area contributed by atoms with Crippen LogP contribution in [-0.2, 0) is 61.9 Å². The number of carbonyl (C=O) groups is 6. The predicted molar refractivity (Wildman–Crippen MR) is 173 cm³/mol. The van der Waals surface area contributed by atoms with E-state index in [0.29, 0.717) is 5.56 Å². The van der Waals surface area contributed by atoms with E-state index in [9.17, 15) is 49.2 Å². The third kappa shape index (κ3) is 3.66. The average Bonchev–Trinajstić information content (AvgIpc) is 3.35. The van der Waals surface area contributed by atoms with Gasteiger partial charge in [0, 0.05) is 43.1 Å². The van der Waals surface area contributed by atoms with Gasteiger partial charge in [-0.2, -0.15) is 0 Å². The molecule has 7 aliphatic rings. The van der Waals surface area contributed by atoms with Crippen molar-refractivity contribution in [3.8, 4) is 0 Å². The topological polar surface area (TPSA) is 261 Å². The normalized spacial score (nSPS) is 49.5. The second kappa shape index (κ2) is 10.8. The van der Waals surface area contributed by atoms with Gasteiger partial charge in [-0.25, -0.2) is 9.59 Å². The van der Waals surface area contributed by atoms with Crippen LogP contribution < -0.4 is 0 Å². The number of rotatable bonds is 8. The number of hydrogen-bond donors (Lipinski definition) is 4. The van der Waals surface area contributed by atoms with E-state index in [1.807, 2.05) is 0 Å². The first-order chi connectivity index (χ1) is 25.5. The van der Waals surface area contributed by atoms with Gasteiger partial charge in [-0.3, -0.25) is 19.2 Å². The molecule has 5 aliphatic carbocycles. The molecule has 0 unspecified atom stereocenters. The molecular formula is C37H44O18. The van der Waals surface area contributed by atoms with E-state index in [1.54, 1.807) is 0 Å². The maximum Gasteiger partial charge on any atom is 0.347 e. The fourth-order valence-electron chi connectivity index (χ4n) is 13.1. The zero-order valence-electron chi connectivity index (χ0n) is 31.3. The summed E-state index contributed by atoms with van der Waals surface area (Å²) < 4.78 is 46.4. The Kier molecular flexibility index (Phi) is 7.45. The Morgan fingerprint density at radius 1 is 0.855 bits per heavy atom. The molecule has 8 rings (SSSR count). The van der Waals surface area contributed by atoms with E-state index >= 15 is 0 Å². The first kappa shape index (κ1) is 37.8. The average molecular weight is 777 g/mol. The zero-order valence-corrected chi connectivity index (χ0v) is 31.3. The third-order valence-electron chi connectivity index (χ3n) is 14.6. The summed E-state index contributed by atoms with van der Waals surface area (Å²) in [5, 5.41) is 54.9. The summed E-state index contributed by atoms with van der Waals surface area (Å²) in [5.41, 5.74) is -20.1. The molecule has 16 atom stereocenters. The molecule has 4 N–H and O–H groups in total. The third-order valence-corrected chi connectivity index (χ3v) is 14.6. The van der Waals surface area contributed by atoms with Gasteiger partial charge in [0.1, 0.15) is 22.9 Å². The van der Waals surface area contributed by atoms with Crippen LogP contribution in [0.15, 0.2) is 23.0 Å². The van der Waals surface area contributed by atoms with Crippen LogP contribution in [0.2, 0.25) is 0 Å². The highest BCUT2D eigenvalue weighted by Gasteiger charge is 3.09. The van der Waals surface area contributed by atoms with Gasteiger partial charge in [-0.15, -0.1) is 0 Å². The molecule has 55 heavy (non-hydrogen) atoms. The van der Waals surface area contributed by atoms with E-state index in [1.165, 1.54) is 46.3 Å². The van der Waals surface area contributed by atoms with Crippen molar-refractivity contribution in [2.75, 3.05) is 7.11 Å². The number of aliphatic hydroxyl groups is 4. The van der Waals surface area contributed by atoms with Crippen LogP contribution in [0.25, 0.3) is 0 Å². The lowest BCUT2D eigenvalue weighted by Crippen LogP contribution is -2.98. The molecule has 18 nitrogen and oxygen atoms in total. The van der Waals surface area contributed by atoms with Gasteiger partial charge in [-0.05, 0) is 18.9 Å². The number of esters is 6. The minimum absolute atomic E-state index is 0.284. The monoisotopic (exact) mass is 776 g/mol. The number of ether oxygens (including phenoxy) is 7. The molecule has 2 bridgehead atoms. The van der Waals surface area contributed by atoms with E-state index in [-0.39, 0.29) is 6.42 Å². The molecule has 0 radical (unpaired) electrons. The van der Waals surface area contributed by atoms with Crippen LogP contribution in [-0.4, -0.2) is 122 Å². The maximum atomic E-state index is 14.3. The zero-order chi connectivity index (χ0) is 40.4. The summed E-state index contributed by atoms with van der Waals surface area (Å²) >= 11 is 0. The molecular weight excluding hydrogens is 732 g/mol. The smallest absolute Gasteiger partial charge is 0.347 e. The van der Waals surface area contributed by atoms with Gasteiger partial charge in [0.2, 0.25) is 6.10 Å². The lowest BCUT2D eigenvalue weighted by molar-refractivity contribution is -0.461. The molecule has 5 saturated carbocycles. The highest BCUT2D eigenvalue weighted by Crippen LogP contribution is 2.93. The molecule has 300 valence electrons. The number of carbonyl (C=O) groups excluding carboxylic acids is 6. The summed E-state index contributed by atoms with van der Waals surface area (Å²) in [6.45, 7) is 8.61. The largest absolute Gasteiger partial charge is 0.472 e. The fourth-order valence-corrected chi connectivity index (χ4v) is 13.1. The molecule has 1 spiro atoms. The van der Waals surface area contributed by atoms with Crippen LogP contribution in [0.5, 0.6) is 0 Å². The summed E-state index contributed by atoms with van der Waals surface area (Å²) in [6, 6.07) is 1.51. The van der Waals surface area contributed by atoms with Crippen LogP contribution in [0, 0.1) is 33.5 Å². The van der Waals surface area contributed by atoms with E-state index in [0.717, 1.165) is 27.9 Å². The first-order valence-electron chi connectivity index (χ1n) is 18.1. The Morgan fingerprint density at radius 2 is 1.51 bits per heavy atom. The Bertz CT molecular complexity index is 1930. The van der Waals surface area contributed by atoms with Gasteiger partial charge >= 0.3 is 35.8 Å². The molecule has 2 aliphatic heterocycles. The maximum absolute atomic E-state index is 14.3. The fraction of sp³-hybridized carbons (Fsp3) is 0.730. The predicted octanol–water partition coefficient (Wildman–Crippen LogP) is -0.445. The van der Waals surface area contributed by atoms with Gasteiger partial charge in [0.25, 0.3) is 0 Å². The van der Waals surface area contributed by atoms with Gasteiger partial charge in [0.05, 0.1) is 42.5 Å². The number of methoxy groups -OCH3 is 1. The molecule has 0 amide bonds. The summed E-state index contributed by atoms with van der Waals surface area (Å²) in [6.07, 6.45) is -11.6. The van der Waals surface area contributed by atoms with Crippen molar-refractivity contribution in [1.82, 2.24) is 0 Å². The second-order valence-corrected chi connectivity index (χ2v) is 17.1. The van der Waals surface area contributed by atoms with E-state index in [2.05, 4.69) is 0 Å². The molecule has 7 fully saturated rings. The SMILES string of the molecule is COC(=O)[C@H](OC(C)=O)[C@H]1[C@]2(C)C[C@]3(O)[C@@](O)([C@H]4OC(=O)[C@@H]5O[C@H](c6ccoc6)[C@@]67C[C@@]56[C@]4(O)[C@](O)([C@H](OC(=O)C(C)C)[C@@H]7OC(C)=O)[C@]13C)[C@H]2OC(C)=O. The lowest BCUT2D eigenvalue weighted by Gasteiger charge is -2.77. The number of fused-ring (bicyclic) bond motifs is 3. The minimum atomic E-state index is -3.21. The molecule has 1 aromatic heterocycles. The quantitative estimate of drug-likeness (QED) is 0.193. The highest BCUT2D eigenvalue weighted by molar-refractivity contribution is 5.84. The number of furan rings is 1. The second-order valence-electron chi connectivity index (χ2n) is 17.1. The van der Waals surface area contributed by atoms with Gasteiger partial charge in [-0.1, -0.05) is 27.7 Å². The minimum Gasteiger partial charge on any atom is -0.472 e. The Hall–Kier alpha value is -4.10. The number of hydrogen-bond acceptors (Lipinski definition) is 18. The van der Waals surface area contributed by atoms with Crippen LogP contribution in [0.4, 0.5) is 0 Å². The van der Waals surface area contributed by atoms with Crippen molar-refractivity contribution in [1.29, 1.82) is 0 Å².